The van der Waals surface area contributed by atoms with Gasteiger partial charge in [-0.3, -0.25) is 4.79 Å². The zero-order chi connectivity index (χ0) is 20.6. The lowest BCUT2D eigenvalue weighted by Crippen LogP contribution is -2.21. The van der Waals surface area contributed by atoms with E-state index in [9.17, 15) is 18.0 Å². The van der Waals surface area contributed by atoms with E-state index < -0.39 is 24.3 Å². The number of carbonyl (C=O) groups is 1. The first-order valence-corrected chi connectivity index (χ1v) is 8.47. The fraction of sp³-hybridized carbons (Fsp3) is 0.316. The number of aryl methyl sites for hydroxylation is 4. The van der Waals surface area contributed by atoms with Crippen LogP contribution >= 0.6 is 0 Å². The summed E-state index contributed by atoms with van der Waals surface area (Å²) in [5.74, 6) is -0.342. The van der Waals surface area contributed by atoms with Gasteiger partial charge in [-0.2, -0.15) is 13.2 Å². The van der Waals surface area contributed by atoms with E-state index in [1.807, 2.05) is 19.9 Å². The number of alkyl halides is 3. The number of aromatic nitrogens is 3. The predicted molar refractivity (Wildman–Crippen MR) is 98.3 cm³/mol. The quantitative estimate of drug-likeness (QED) is 0.731. The second-order valence-corrected chi connectivity index (χ2v) is 6.57. The van der Waals surface area contributed by atoms with Gasteiger partial charge in [0.2, 0.25) is 5.88 Å². The number of nitrogens with one attached hydrogen (secondary N) is 1. The fourth-order valence-electron chi connectivity index (χ4n) is 2.99. The molecule has 1 aromatic carbocycles. The van der Waals surface area contributed by atoms with Crippen LogP contribution in [0.3, 0.4) is 0 Å². The standard InChI is InChI=1S/C19H19F3N4O2/c1-10-5-6-13(8-14(10)19(20,21)22)24-15(27)9-28-18-16-11(2)7-12(3)23-17(16)26(4)25-18/h5-8H,9H2,1-4H3,(H,24,27). The summed E-state index contributed by atoms with van der Waals surface area (Å²) in [6, 6.07) is 5.50. The Labute approximate surface area is 159 Å². The van der Waals surface area contributed by atoms with Crippen molar-refractivity contribution in [3.63, 3.8) is 0 Å². The molecule has 1 amide bonds. The Morgan fingerprint density at radius 2 is 1.89 bits per heavy atom. The smallest absolute Gasteiger partial charge is 0.416 e. The third kappa shape index (κ3) is 3.92. The summed E-state index contributed by atoms with van der Waals surface area (Å²) < 4.78 is 46.1. The molecule has 6 nitrogen and oxygen atoms in total. The molecule has 2 heterocycles. The maximum absolute atomic E-state index is 13.0. The van der Waals surface area contributed by atoms with Crippen molar-refractivity contribution in [2.45, 2.75) is 26.9 Å². The highest BCUT2D eigenvalue weighted by Gasteiger charge is 2.32. The lowest BCUT2D eigenvalue weighted by molar-refractivity contribution is -0.138. The maximum Gasteiger partial charge on any atom is 0.416 e. The molecule has 0 radical (unpaired) electrons. The molecule has 0 aliphatic rings. The lowest BCUT2D eigenvalue weighted by atomic mass is 10.1. The molecule has 0 fully saturated rings. The van der Waals surface area contributed by atoms with Gasteiger partial charge in [-0.25, -0.2) is 9.67 Å². The largest absolute Gasteiger partial charge is 0.466 e. The van der Waals surface area contributed by atoms with Crippen molar-refractivity contribution >= 4 is 22.6 Å². The van der Waals surface area contributed by atoms with E-state index in [0.29, 0.717) is 11.0 Å². The van der Waals surface area contributed by atoms with Gasteiger partial charge in [-0.15, -0.1) is 5.10 Å². The zero-order valence-electron chi connectivity index (χ0n) is 15.8. The molecule has 0 aliphatic heterocycles. The van der Waals surface area contributed by atoms with E-state index in [1.165, 1.54) is 19.1 Å². The molecule has 0 saturated carbocycles. The van der Waals surface area contributed by atoms with Crippen molar-refractivity contribution in [3.05, 3.63) is 46.6 Å². The third-order valence-corrected chi connectivity index (χ3v) is 4.25. The Balaban J connectivity index is 1.75. The van der Waals surface area contributed by atoms with Crippen LogP contribution in [-0.4, -0.2) is 27.3 Å². The number of halogens is 3. The third-order valence-electron chi connectivity index (χ3n) is 4.25. The van der Waals surface area contributed by atoms with Crippen LogP contribution in [0.2, 0.25) is 0 Å². The minimum atomic E-state index is -4.49. The first-order valence-electron chi connectivity index (χ1n) is 8.47. The molecular weight excluding hydrogens is 373 g/mol. The van der Waals surface area contributed by atoms with Crippen LogP contribution in [0, 0.1) is 20.8 Å². The Kier molecular flexibility index (Phi) is 5.01. The number of nitrogens with zero attached hydrogens (tertiary/aromatic N) is 3. The van der Waals surface area contributed by atoms with Gasteiger partial charge in [0.05, 0.1) is 10.9 Å². The Bertz CT molecular complexity index is 1060. The van der Waals surface area contributed by atoms with Gasteiger partial charge in [-0.05, 0) is 50.1 Å². The van der Waals surface area contributed by atoms with E-state index in [0.717, 1.165) is 17.3 Å². The molecule has 0 saturated heterocycles. The fourth-order valence-corrected chi connectivity index (χ4v) is 2.99. The minimum Gasteiger partial charge on any atom is -0.466 e. The average Bonchev–Trinajstić information content (AvgIpc) is 2.90. The van der Waals surface area contributed by atoms with Crippen molar-refractivity contribution in [1.29, 1.82) is 0 Å². The second-order valence-electron chi connectivity index (χ2n) is 6.57. The molecule has 1 N–H and O–H groups in total. The minimum absolute atomic E-state index is 0.0471. The highest BCUT2D eigenvalue weighted by molar-refractivity contribution is 5.92. The van der Waals surface area contributed by atoms with Gasteiger partial charge in [-0.1, -0.05) is 6.07 Å². The molecule has 0 unspecified atom stereocenters. The molecule has 3 rings (SSSR count). The van der Waals surface area contributed by atoms with Crippen LogP contribution in [-0.2, 0) is 18.0 Å². The van der Waals surface area contributed by atoms with Gasteiger partial charge in [0.1, 0.15) is 0 Å². The van der Waals surface area contributed by atoms with Gasteiger partial charge < -0.3 is 10.1 Å². The highest BCUT2D eigenvalue weighted by atomic mass is 19.4. The van der Waals surface area contributed by atoms with Crippen LogP contribution in [0.4, 0.5) is 18.9 Å². The second kappa shape index (κ2) is 7.14. The number of benzene rings is 1. The number of amides is 1. The first-order chi connectivity index (χ1) is 13.1. The number of ether oxygens (including phenoxy) is 1. The SMILES string of the molecule is Cc1cc(C)c2c(OCC(=O)Nc3ccc(C)c(C(F)(F)F)c3)nn(C)c2n1. The van der Waals surface area contributed by atoms with Gasteiger partial charge in [0.25, 0.3) is 5.91 Å². The number of hydrogen-bond acceptors (Lipinski definition) is 4. The van der Waals surface area contributed by atoms with Crippen LogP contribution in [0.1, 0.15) is 22.4 Å². The Hall–Kier alpha value is -3.10. The number of pyridine rings is 1. The van der Waals surface area contributed by atoms with E-state index in [-0.39, 0.29) is 17.1 Å². The van der Waals surface area contributed by atoms with Crippen molar-refractivity contribution in [3.8, 4) is 5.88 Å². The lowest BCUT2D eigenvalue weighted by Gasteiger charge is -2.13. The number of fused-ring (bicyclic) bond motifs is 1. The van der Waals surface area contributed by atoms with Crippen LogP contribution in [0.15, 0.2) is 24.3 Å². The summed E-state index contributed by atoms with van der Waals surface area (Å²) in [6.45, 7) is 4.72. The monoisotopic (exact) mass is 392 g/mol. The van der Waals surface area contributed by atoms with Crippen molar-refractivity contribution in [1.82, 2.24) is 14.8 Å². The van der Waals surface area contributed by atoms with Gasteiger partial charge >= 0.3 is 6.18 Å². The van der Waals surface area contributed by atoms with Crippen LogP contribution < -0.4 is 10.1 Å². The average molecular weight is 392 g/mol. The van der Waals surface area contributed by atoms with Crippen LogP contribution in [0.25, 0.3) is 11.0 Å². The summed E-state index contributed by atoms with van der Waals surface area (Å²) in [7, 11) is 1.71. The van der Waals surface area contributed by atoms with Crippen molar-refractivity contribution in [2.75, 3.05) is 11.9 Å². The Morgan fingerprint density at radius 3 is 2.57 bits per heavy atom. The predicted octanol–water partition coefficient (Wildman–Crippen LogP) is 3.93. The van der Waals surface area contributed by atoms with Crippen molar-refractivity contribution in [2.24, 2.45) is 7.05 Å². The van der Waals surface area contributed by atoms with E-state index >= 15 is 0 Å². The summed E-state index contributed by atoms with van der Waals surface area (Å²) in [5.41, 5.74) is 1.70. The van der Waals surface area contributed by atoms with Crippen LogP contribution in [0.5, 0.6) is 5.88 Å². The molecule has 3 aromatic rings. The van der Waals surface area contributed by atoms with Gasteiger partial charge in [0, 0.05) is 18.4 Å². The molecule has 28 heavy (non-hydrogen) atoms. The topological polar surface area (TPSA) is 69.0 Å². The zero-order valence-corrected chi connectivity index (χ0v) is 15.8. The van der Waals surface area contributed by atoms with Gasteiger partial charge in [0.15, 0.2) is 12.3 Å². The number of rotatable bonds is 4. The number of hydrogen-bond donors (Lipinski definition) is 1. The molecule has 0 aliphatic carbocycles. The van der Waals surface area contributed by atoms with E-state index in [4.69, 9.17) is 4.74 Å². The number of anilines is 1. The molecule has 2 aromatic heterocycles. The Morgan fingerprint density at radius 1 is 1.18 bits per heavy atom. The summed E-state index contributed by atoms with van der Waals surface area (Å²) in [4.78, 5) is 16.6. The normalized spacial score (nSPS) is 11.7. The highest BCUT2D eigenvalue weighted by Crippen LogP contribution is 2.33. The van der Waals surface area contributed by atoms with E-state index in [1.54, 1.807) is 11.7 Å². The molecule has 9 heteroatoms. The molecule has 148 valence electrons. The summed E-state index contributed by atoms with van der Waals surface area (Å²) in [6.07, 6.45) is -4.49. The molecule has 0 bridgehead atoms. The first kappa shape index (κ1) is 19.7. The maximum atomic E-state index is 13.0. The van der Waals surface area contributed by atoms with E-state index in [2.05, 4.69) is 15.4 Å². The molecular formula is C19H19F3N4O2. The number of carbonyl (C=O) groups excluding carboxylic acids is 1. The summed E-state index contributed by atoms with van der Waals surface area (Å²) in [5, 5.41) is 7.34. The molecule has 0 spiro atoms. The molecule has 0 atom stereocenters. The van der Waals surface area contributed by atoms with Crippen molar-refractivity contribution < 1.29 is 22.7 Å². The summed E-state index contributed by atoms with van der Waals surface area (Å²) >= 11 is 0.